The number of aromatic amines is 1. The van der Waals surface area contributed by atoms with E-state index in [0.717, 1.165) is 22.2 Å². The monoisotopic (exact) mass is 202 g/mol. The largest absolute Gasteiger partial charge is 0.265 e. The summed E-state index contributed by atoms with van der Waals surface area (Å²) in [7, 11) is 0. The molecule has 0 radical (unpaired) electrons. The van der Waals surface area contributed by atoms with Crippen LogP contribution in [-0.4, -0.2) is 16.4 Å². The number of benzene rings is 1. The van der Waals surface area contributed by atoms with Crippen molar-refractivity contribution in [2.24, 2.45) is 5.10 Å². The SMILES string of the molecule is S=c1[nH]nc2c3c(cccc13)C=NN2. The minimum atomic E-state index is 0.655. The van der Waals surface area contributed by atoms with E-state index >= 15 is 0 Å². The van der Waals surface area contributed by atoms with Crippen molar-refractivity contribution in [1.29, 1.82) is 0 Å². The summed E-state index contributed by atoms with van der Waals surface area (Å²) in [6, 6.07) is 5.93. The Morgan fingerprint density at radius 3 is 3.14 bits per heavy atom. The Bertz CT molecular complexity index is 599. The van der Waals surface area contributed by atoms with E-state index in [9.17, 15) is 0 Å². The molecular weight excluding hydrogens is 196 g/mol. The summed E-state index contributed by atoms with van der Waals surface area (Å²) in [4.78, 5) is 0. The van der Waals surface area contributed by atoms with E-state index in [1.165, 1.54) is 0 Å². The number of anilines is 1. The summed E-state index contributed by atoms with van der Waals surface area (Å²) >= 11 is 5.15. The van der Waals surface area contributed by atoms with Crippen LogP contribution in [0.25, 0.3) is 10.8 Å². The molecule has 5 heteroatoms. The van der Waals surface area contributed by atoms with Crippen LogP contribution in [0.1, 0.15) is 5.56 Å². The minimum absolute atomic E-state index is 0.655. The molecule has 1 aromatic carbocycles. The van der Waals surface area contributed by atoms with Crippen molar-refractivity contribution in [3.8, 4) is 0 Å². The third-order valence-corrected chi connectivity index (χ3v) is 2.53. The molecule has 0 unspecified atom stereocenters. The first-order valence-electron chi connectivity index (χ1n) is 4.17. The molecule has 1 aliphatic heterocycles. The zero-order chi connectivity index (χ0) is 9.54. The Labute approximate surface area is 84.7 Å². The van der Waals surface area contributed by atoms with Gasteiger partial charge in [0.05, 0.1) is 6.21 Å². The maximum absolute atomic E-state index is 5.15. The second kappa shape index (κ2) is 2.62. The molecule has 0 atom stereocenters. The summed E-state index contributed by atoms with van der Waals surface area (Å²) in [5.74, 6) is 0.728. The number of hydrogen-bond acceptors (Lipinski definition) is 4. The lowest BCUT2D eigenvalue weighted by atomic mass is 10.1. The lowest BCUT2D eigenvalue weighted by Crippen LogP contribution is -2.03. The van der Waals surface area contributed by atoms with Gasteiger partial charge in [-0.2, -0.15) is 10.2 Å². The summed E-state index contributed by atoms with van der Waals surface area (Å²) in [5.41, 5.74) is 3.88. The van der Waals surface area contributed by atoms with Crippen LogP contribution in [0.4, 0.5) is 5.82 Å². The molecule has 1 aromatic heterocycles. The normalized spacial score (nSPS) is 12.9. The highest BCUT2D eigenvalue weighted by atomic mass is 32.1. The number of rotatable bonds is 0. The molecule has 0 saturated carbocycles. The maximum atomic E-state index is 5.15. The van der Waals surface area contributed by atoms with Crippen LogP contribution < -0.4 is 5.43 Å². The zero-order valence-electron chi connectivity index (χ0n) is 7.11. The van der Waals surface area contributed by atoms with E-state index in [1.54, 1.807) is 6.21 Å². The molecule has 14 heavy (non-hydrogen) atoms. The van der Waals surface area contributed by atoms with Gasteiger partial charge in [-0.25, -0.2) is 0 Å². The predicted molar refractivity (Wildman–Crippen MR) is 58.1 cm³/mol. The van der Waals surface area contributed by atoms with Crippen LogP contribution in [0.15, 0.2) is 23.3 Å². The van der Waals surface area contributed by atoms with Gasteiger partial charge >= 0.3 is 0 Å². The zero-order valence-corrected chi connectivity index (χ0v) is 7.93. The third-order valence-electron chi connectivity index (χ3n) is 2.22. The Morgan fingerprint density at radius 2 is 2.21 bits per heavy atom. The Hall–Kier alpha value is -1.75. The van der Waals surface area contributed by atoms with Gasteiger partial charge in [0.25, 0.3) is 0 Å². The van der Waals surface area contributed by atoms with Gasteiger partial charge < -0.3 is 0 Å². The molecule has 0 amide bonds. The summed E-state index contributed by atoms with van der Waals surface area (Å²) < 4.78 is 0.655. The standard InChI is InChI=1S/C9H6N4S/c14-9-6-3-1-2-5-4-10-11-8(7(5)6)12-13-9/h1-4H,(H,11,12)(H,13,14). The smallest absolute Gasteiger partial charge is 0.175 e. The molecule has 2 aromatic rings. The Balaban J connectivity index is 2.63. The lowest BCUT2D eigenvalue weighted by molar-refractivity contribution is 1.02. The van der Waals surface area contributed by atoms with Gasteiger partial charge in [-0.1, -0.05) is 30.4 Å². The van der Waals surface area contributed by atoms with E-state index in [2.05, 4.69) is 20.7 Å². The molecule has 1 aliphatic rings. The first-order valence-corrected chi connectivity index (χ1v) is 4.57. The molecule has 0 saturated heterocycles. The fraction of sp³-hybridized carbons (Fsp3) is 0. The van der Waals surface area contributed by atoms with E-state index in [4.69, 9.17) is 12.2 Å². The number of H-pyrrole nitrogens is 1. The first-order chi connectivity index (χ1) is 6.86. The highest BCUT2D eigenvalue weighted by Crippen LogP contribution is 2.26. The fourth-order valence-electron chi connectivity index (χ4n) is 1.60. The van der Waals surface area contributed by atoms with Crippen molar-refractivity contribution in [1.82, 2.24) is 10.2 Å². The number of aromatic nitrogens is 2. The first kappa shape index (κ1) is 7.64. The van der Waals surface area contributed by atoms with Gasteiger partial charge in [-0.05, 0) is 0 Å². The highest BCUT2D eigenvalue weighted by Gasteiger charge is 2.10. The average Bonchev–Trinajstić information content (AvgIpc) is 2.24. The third kappa shape index (κ3) is 0.898. The number of hydrazone groups is 1. The molecular formula is C9H6N4S. The summed E-state index contributed by atoms with van der Waals surface area (Å²) in [6.45, 7) is 0. The molecule has 68 valence electrons. The Kier molecular flexibility index (Phi) is 1.43. The van der Waals surface area contributed by atoms with Crippen LogP contribution in [0.5, 0.6) is 0 Å². The van der Waals surface area contributed by atoms with E-state index in [1.807, 2.05) is 18.2 Å². The maximum Gasteiger partial charge on any atom is 0.175 e. The van der Waals surface area contributed by atoms with E-state index < -0.39 is 0 Å². The van der Waals surface area contributed by atoms with Gasteiger partial charge in [0.1, 0.15) is 4.64 Å². The molecule has 2 heterocycles. The molecule has 0 fully saturated rings. The topological polar surface area (TPSA) is 53.1 Å². The molecule has 4 nitrogen and oxygen atoms in total. The van der Waals surface area contributed by atoms with Crippen molar-refractivity contribution >= 4 is 35.0 Å². The van der Waals surface area contributed by atoms with Crippen molar-refractivity contribution in [3.63, 3.8) is 0 Å². The molecule has 2 N–H and O–H groups in total. The van der Waals surface area contributed by atoms with Gasteiger partial charge in [-0.3, -0.25) is 10.5 Å². The van der Waals surface area contributed by atoms with Crippen molar-refractivity contribution in [3.05, 3.63) is 28.4 Å². The molecule has 3 rings (SSSR count). The Morgan fingerprint density at radius 1 is 1.29 bits per heavy atom. The second-order valence-corrected chi connectivity index (χ2v) is 3.45. The average molecular weight is 202 g/mol. The van der Waals surface area contributed by atoms with Crippen LogP contribution in [0.3, 0.4) is 0 Å². The van der Waals surface area contributed by atoms with Gasteiger partial charge in [-0.15, -0.1) is 0 Å². The van der Waals surface area contributed by atoms with Crippen LogP contribution in [0, 0.1) is 4.64 Å². The van der Waals surface area contributed by atoms with Gasteiger partial charge in [0.2, 0.25) is 0 Å². The highest BCUT2D eigenvalue weighted by molar-refractivity contribution is 7.71. The predicted octanol–water partition coefficient (Wildman–Crippen LogP) is 2.05. The number of hydrogen-bond donors (Lipinski definition) is 2. The second-order valence-electron chi connectivity index (χ2n) is 3.04. The summed E-state index contributed by atoms with van der Waals surface area (Å²) in [5, 5.41) is 12.9. The van der Waals surface area contributed by atoms with Gasteiger partial charge in [0.15, 0.2) is 5.82 Å². The number of nitrogens with one attached hydrogen (secondary N) is 2. The lowest BCUT2D eigenvalue weighted by Gasteiger charge is -2.10. The quantitative estimate of drug-likeness (QED) is 0.643. The van der Waals surface area contributed by atoms with Crippen LogP contribution in [0.2, 0.25) is 0 Å². The molecule has 0 aliphatic carbocycles. The van der Waals surface area contributed by atoms with Crippen LogP contribution in [-0.2, 0) is 0 Å². The van der Waals surface area contributed by atoms with Crippen molar-refractivity contribution < 1.29 is 0 Å². The van der Waals surface area contributed by atoms with Crippen molar-refractivity contribution in [2.45, 2.75) is 0 Å². The van der Waals surface area contributed by atoms with E-state index in [-0.39, 0.29) is 0 Å². The minimum Gasteiger partial charge on any atom is -0.265 e. The van der Waals surface area contributed by atoms with Crippen molar-refractivity contribution in [2.75, 3.05) is 5.43 Å². The number of nitrogens with zero attached hydrogens (tertiary/aromatic N) is 2. The molecule has 0 spiro atoms. The van der Waals surface area contributed by atoms with Gasteiger partial charge in [0, 0.05) is 16.3 Å². The summed E-state index contributed by atoms with van der Waals surface area (Å²) in [6.07, 6.45) is 1.77. The van der Waals surface area contributed by atoms with Crippen LogP contribution >= 0.6 is 12.2 Å². The fourth-order valence-corrected chi connectivity index (χ4v) is 1.81. The van der Waals surface area contributed by atoms with E-state index in [0.29, 0.717) is 4.64 Å². The molecule has 0 bridgehead atoms.